The topological polar surface area (TPSA) is 83.6 Å². The Balaban J connectivity index is 1.58. The average Bonchev–Trinajstić information content (AvgIpc) is 3.01. The van der Waals surface area contributed by atoms with Crippen LogP contribution in [-0.4, -0.2) is 26.5 Å². The molecule has 2 N–H and O–H groups in total. The van der Waals surface area contributed by atoms with Gasteiger partial charge in [-0.2, -0.15) is 5.21 Å². The van der Waals surface area contributed by atoms with Crippen molar-refractivity contribution < 1.29 is 4.79 Å². The summed E-state index contributed by atoms with van der Waals surface area (Å²) in [6.45, 7) is 0. The van der Waals surface area contributed by atoms with Gasteiger partial charge in [0, 0.05) is 11.5 Å². The van der Waals surface area contributed by atoms with Crippen LogP contribution < -0.4 is 5.32 Å². The fourth-order valence-electron chi connectivity index (χ4n) is 2.86. The molecular weight excluding hydrogens is 266 g/mol. The third kappa shape index (κ3) is 2.20. The molecule has 0 aliphatic heterocycles. The highest BCUT2D eigenvalue weighted by molar-refractivity contribution is 5.81. The van der Waals surface area contributed by atoms with Crippen molar-refractivity contribution in [1.82, 2.24) is 25.9 Å². The molecule has 0 radical (unpaired) electrons. The molecular formula is C15H17N5O. The van der Waals surface area contributed by atoms with Gasteiger partial charge in [0.2, 0.25) is 11.7 Å². The lowest BCUT2D eigenvalue weighted by Crippen LogP contribution is -2.41. The molecule has 2 aliphatic carbocycles. The molecule has 0 bridgehead atoms. The van der Waals surface area contributed by atoms with Crippen LogP contribution in [0.15, 0.2) is 24.3 Å². The number of benzene rings is 1. The third-order valence-corrected chi connectivity index (χ3v) is 4.61. The Labute approximate surface area is 122 Å². The highest BCUT2D eigenvalue weighted by atomic mass is 16.2. The lowest BCUT2D eigenvalue weighted by Gasteiger charge is -2.27. The molecule has 6 heteroatoms. The number of nitrogens with one attached hydrogen (secondary N) is 2. The fourth-order valence-corrected chi connectivity index (χ4v) is 2.86. The maximum absolute atomic E-state index is 12.2. The van der Waals surface area contributed by atoms with E-state index in [0.29, 0.717) is 5.82 Å². The zero-order chi connectivity index (χ0) is 14.3. The summed E-state index contributed by atoms with van der Waals surface area (Å²) in [5.41, 5.74) is 1.88. The number of hydrogen-bond donors (Lipinski definition) is 2. The smallest absolute Gasteiger partial charge is 0.223 e. The minimum absolute atomic E-state index is 0.174. The van der Waals surface area contributed by atoms with Crippen LogP contribution in [0.25, 0.3) is 11.4 Å². The van der Waals surface area contributed by atoms with Gasteiger partial charge in [-0.25, -0.2) is 0 Å². The predicted molar refractivity (Wildman–Crippen MR) is 76.0 cm³/mol. The van der Waals surface area contributed by atoms with E-state index in [9.17, 15) is 4.79 Å². The Morgan fingerprint density at radius 2 is 2.19 bits per heavy atom. The monoisotopic (exact) mass is 283 g/mol. The highest BCUT2D eigenvalue weighted by Crippen LogP contribution is 2.46. The Morgan fingerprint density at radius 3 is 2.81 bits per heavy atom. The first-order valence-electron chi connectivity index (χ1n) is 7.43. The van der Waals surface area contributed by atoms with Crippen LogP contribution in [0.3, 0.4) is 0 Å². The van der Waals surface area contributed by atoms with Gasteiger partial charge in [0.05, 0.1) is 5.54 Å². The van der Waals surface area contributed by atoms with Gasteiger partial charge in [-0.3, -0.25) is 4.79 Å². The summed E-state index contributed by atoms with van der Waals surface area (Å²) in [4.78, 5) is 12.2. The largest absolute Gasteiger partial charge is 0.346 e. The molecule has 21 heavy (non-hydrogen) atoms. The first-order valence-corrected chi connectivity index (χ1v) is 7.43. The fraction of sp³-hybridized carbons (Fsp3) is 0.467. The van der Waals surface area contributed by atoms with Crippen LogP contribution in [0.2, 0.25) is 0 Å². The molecule has 1 heterocycles. The highest BCUT2D eigenvalue weighted by Gasteiger charge is 2.47. The Bertz CT molecular complexity index is 658. The quantitative estimate of drug-likeness (QED) is 0.895. The minimum Gasteiger partial charge on any atom is -0.346 e. The number of rotatable bonds is 4. The first kappa shape index (κ1) is 12.5. The minimum atomic E-state index is -0.174. The lowest BCUT2D eigenvalue weighted by atomic mass is 9.84. The van der Waals surface area contributed by atoms with E-state index in [4.69, 9.17) is 0 Å². The normalized spacial score (nSPS) is 19.8. The first-order chi connectivity index (χ1) is 10.3. The molecule has 2 fully saturated rings. The molecule has 0 saturated heterocycles. The summed E-state index contributed by atoms with van der Waals surface area (Å²) >= 11 is 0. The van der Waals surface area contributed by atoms with Crippen LogP contribution in [0, 0.1) is 5.92 Å². The molecule has 2 aromatic rings. The zero-order valence-corrected chi connectivity index (χ0v) is 11.7. The van der Waals surface area contributed by atoms with E-state index in [1.165, 1.54) is 6.42 Å². The molecule has 6 nitrogen and oxygen atoms in total. The number of nitrogens with zero attached hydrogens (tertiary/aromatic N) is 3. The van der Waals surface area contributed by atoms with Crippen molar-refractivity contribution in [3.8, 4) is 11.4 Å². The van der Waals surface area contributed by atoms with Crippen molar-refractivity contribution in [2.75, 3.05) is 0 Å². The standard InChI is InChI=1S/C15H17N5O/c21-14(10-3-1-4-10)16-15(7-8-15)12-6-2-5-11(9-12)13-17-19-20-18-13/h2,5-6,9-10H,1,3-4,7-8H2,(H,16,21)(H,17,18,19,20). The molecule has 0 atom stereocenters. The van der Waals surface area contributed by atoms with Gasteiger partial charge >= 0.3 is 0 Å². The second-order valence-electron chi connectivity index (χ2n) is 6.02. The second kappa shape index (κ2) is 4.65. The van der Waals surface area contributed by atoms with Crippen LogP contribution in [0.5, 0.6) is 0 Å². The number of tetrazole rings is 1. The molecule has 0 unspecified atom stereocenters. The molecule has 0 spiro atoms. The number of amides is 1. The van der Waals surface area contributed by atoms with E-state index in [0.717, 1.165) is 36.8 Å². The predicted octanol–water partition coefficient (Wildman–Crippen LogP) is 1.77. The molecule has 108 valence electrons. The molecule has 1 aromatic heterocycles. The maximum Gasteiger partial charge on any atom is 0.223 e. The van der Waals surface area contributed by atoms with Crippen molar-refractivity contribution >= 4 is 5.91 Å². The van der Waals surface area contributed by atoms with Crippen molar-refractivity contribution in [2.45, 2.75) is 37.6 Å². The summed E-state index contributed by atoms with van der Waals surface area (Å²) < 4.78 is 0. The Hall–Kier alpha value is -2.24. The average molecular weight is 283 g/mol. The van der Waals surface area contributed by atoms with Crippen molar-refractivity contribution in [2.24, 2.45) is 5.92 Å². The summed E-state index contributed by atoms with van der Waals surface area (Å²) in [7, 11) is 0. The summed E-state index contributed by atoms with van der Waals surface area (Å²) in [6.07, 6.45) is 5.25. The van der Waals surface area contributed by atoms with Crippen molar-refractivity contribution in [3.05, 3.63) is 29.8 Å². The van der Waals surface area contributed by atoms with Gasteiger partial charge in [-0.05, 0) is 42.5 Å². The van der Waals surface area contributed by atoms with Crippen LogP contribution >= 0.6 is 0 Å². The molecule has 1 amide bonds. The van der Waals surface area contributed by atoms with E-state index in [1.807, 2.05) is 12.1 Å². The number of H-pyrrole nitrogens is 1. The number of aromatic amines is 1. The number of hydrogen-bond acceptors (Lipinski definition) is 4. The summed E-state index contributed by atoms with van der Waals surface area (Å²) in [6, 6.07) is 8.06. The number of carbonyl (C=O) groups excluding carboxylic acids is 1. The van der Waals surface area contributed by atoms with Gasteiger partial charge in [0.1, 0.15) is 0 Å². The van der Waals surface area contributed by atoms with Crippen molar-refractivity contribution in [1.29, 1.82) is 0 Å². The third-order valence-electron chi connectivity index (χ3n) is 4.61. The molecule has 1 aromatic carbocycles. The van der Waals surface area contributed by atoms with Gasteiger partial charge in [0.25, 0.3) is 0 Å². The molecule has 2 aliphatic rings. The van der Waals surface area contributed by atoms with E-state index in [-0.39, 0.29) is 17.4 Å². The SMILES string of the molecule is O=C(NC1(c2cccc(-c3nn[nH]n3)c2)CC1)C1CCC1. The number of carbonyl (C=O) groups is 1. The summed E-state index contributed by atoms with van der Waals surface area (Å²) in [5.74, 6) is 1.02. The van der Waals surface area contributed by atoms with E-state index in [1.54, 1.807) is 0 Å². The van der Waals surface area contributed by atoms with Crippen LogP contribution in [0.1, 0.15) is 37.7 Å². The summed E-state index contributed by atoms with van der Waals surface area (Å²) in [5, 5.41) is 17.3. The van der Waals surface area contributed by atoms with E-state index in [2.05, 4.69) is 38.1 Å². The zero-order valence-electron chi connectivity index (χ0n) is 11.7. The van der Waals surface area contributed by atoms with Crippen molar-refractivity contribution in [3.63, 3.8) is 0 Å². The van der Waals surface area contributed by atoms with E-state index >= 15 is 0 Å². The van der Waals surface area contributed by atoms with Gasteiger partial charge < -0.3 is 5.32 Å². The number of aromatic nitrogens is 4. The maximum atomic E-state index is 12.2. The second-order valence-corrected chi connectivity index (χ2v) is 6.02. The van der Waals surface area contributed by atoms with Gasteiger partial charge in [0.15, 0.2) is 0 Å². The van der Waals surface area contributed by atoms with Crippen LogP contribution in [-0.2, 0) is 10.3 Å². The van der Waals surface area contributed by atoms with Gasteiger partial charge in [-0.1, -0.05) is 24.6 Å². The van der Waals surface area contributed by atoms with Gasteiger partial charge in [-0.15, -0.1) is 10.2 Å². The molecule has 4 rings (SSSR count). The lowest BCUT2D eigenvalue weighted by molar-refractivity contribution is -0.128. The van der Waals surface area contributed by atoms with Crippen LogP contribution in [0.4, 0.5) is 0 Å². The Morgan fingerprint density at radius 1 is 1.33 bits per heavy atom. The molecule has 2 saturated carbocycles. The van der Waals surface area contributed by atoms with E-state index < -0.39 is 0 Å². The Kier molecular flexibility index (Phi) is 2.77.